The Hall–Kier alpha value is -3.35. The van der Waals surface area contributed by atoms with E-state index in [1.54, 1.807) is 31.4 Å². The Morgan fingerprint density at radius 1 is 1.09 bits per heavy atom. The van der Waals surface area contributed by atoms with Gasteiger partial charge in [-0.05, 0) is 24.3 Å². The molecule has 114 valence electrons. The molecule has 0 amide bonds. The third-order valence-electron chi connectivity index (χ3n) is 3.44. The summed E-state index contributed by atoms with van der Waals surface area (Å²) in [6.07, 6.45) is 1.39. The van der Waals surface area contributed by atoms with Gasteiger partial charge in [0, 0.05) is 23.0 Å². The number of aromatic hydroxyl groups is 1. The van der Waals surface area contributed by atoms with Crippen LogP contribution in [-0.2, 0) is 0 Å². The molecule has 7 heteroatoms. The highest BCUT2D eigenvalue weighted by molar-refractivity contribution is 5.84. The third-order valence-corrected chi connectivity index (χ3v) is 3.44. The molecule has 0 unspecified atom stereocenters. The number of aromatic nitrogens is 4. The van der Waals surface area contributed by atoms with Crippen LogP contribution in [0.1, 0.15) is 0 Å². The van der Waals surface area contributed by atoms with Crippen molar-refractivity contribution in [3.8, 4) is 23.4 Å². The van der Waals surface area contributed by atoms with Gasteiger partial charge in [0.15, 0.2) is 11.5 Å². The van der Waals surface area contributed by atoms with Gasteiger partial charge >= 0.3 is 0 Å². The van der Waals surface area contributed by atoms with Gasteiger partial charge in [-0.3, -0.25) is 0 Å². The number of nitrogens with one attached hydrogen (secondary N) is 1. The maximum Gasteiger partial charge on any atom is 0.231 e. The van der Waals surface area contributed by atoms with Crippen molar-refractivity contribution < 1.29 is 14.6 Å². The van der Waals surface area contributed by atoms with E-state index in [1.165, 1.54) is 6.33 Å². The van der Waals surface area contributed by atoms with Gasteiger partial charge in [0.05, 0.1) is 12.5 Å². The second-order valence-electron chi connectivity index (χ2n) is 4.91. The summed E-state index contributed by atoms with van der Waals surface area (Å²) in [5.74, 6) is 1.60. The van der Waals surface area contributed by atoms with Gasteiger partial charge < -0.3 is 19.6 Å². The van der Waals surface area contributed by atoms with Crippen LogP contribution in [-0.4, -0.2) is 32.2 Å². The Morgan fingerprint density at radius 3 is 2.87 bits per heavy atom. The maximum absolute atomic E-state index is 9.49. The highest BCUT2D eigenvalue weighted by atomic mass is 16.5. The summed E-state index contributed by atoms with van der Waals surface area (Å²) in [4.78, 5) is 15.4. The summed E-state index contributed by atoms with van der Waals surface area (Å²) in [6, 6.07) is 10.6. The van der Waals surface area contributed by atoms with Crippen LogP contribution in [0.4, 0.5) is 0 Å². The van der Waals surface area contributed by atoms with Gasteiger partial charge in [0.2, 0.25) is 11.8 Å². The minimum atomic E-state index is 0.112. The Labute approximate surface area is 130 Å². The van der Waals surface area contributed by atoms with Crippen LogP contribution in [0, 0.1) is 0 Å². The molecule has 0 radical (unpaired) electrons. The average molecular weight is 308 g/mol. The summed E-state index contributed by atoms with van der Waals surface area (Å²) in [7, 11) is 1.55. The molecule has 23 heavy (non-hydrogen) atoms. The Morgan fingerprint density at radius 2 is 2.00 bits per heavy atom. The molecule has 7 nitrogen and oxygen atoms in total. The van der Waals surface area contributed by atoms with Gasteiger partial charge in [-0.15, -0.1) is 0 Å². The molecule has 2 N–H and O–H groups in total. The summed E-state index contributed by atoms with van der Waals surface area (Å²) in [5.41, 5.74) is 1.32. The van der Waals surface area contributed by atoms with E-state index in [9.17, 15) is 5.11 Å². The second kappa shape index (κ2) is 5.13. The normalized spacial score (nSPS) is 11.0. The summed E-state index contributed by atoms with van der Waals surface area (Å²) < 4.78 is 10.9. The zero-order valence-electron chi connectivity index (χ0n) is 12.1. The van der Waals surface area contributed by atoms with Crippen molar-refractivity contribution >= 4 is 21.9 Å². The summed E-state index contributed by atoms with van der Waals surface area (Å²) in [5, 5.41) is 11.0. The van der Waals surface area contributed by atoms with Crippen LogP contribution >= 0.6 is 0 Å². The lowest BCUT2D eigenvalue weighted by atomic mass is 10.2. The molecule has 0 atom stereocenters. The lowest BCUT2D eigenvalue weighted by molar-refractivity contribution is 0.399. The fraction of sp³-hybridized carbons (Fsp3) is 0.0625. The number of rotatable bonds is 3. The van der Waals surface area contributed by atoms with Crippen molar-refractivity contribution in [3.63, 3.8) is 0 Å². The largest absolute Gasteiger partial charge is 0.495 e. The first-order valence-electron chi connectivity index (χ1n) is 6.88. The van der Waals surface area contributed by atoms with Crippen molar-refractivity contribution in [2.45, 2.75) is 0 Å². The highest BCUT2D eigenvalue weighted by Gasteiger charge is 2.09. The van der Waals surface area contributed by atoms with E-state index in [-0.39, 0.29) is 5.88 Å². The molecule has 3 aromatic heterocycles. The quantitative estimate of drug-likeness (QED) is 0.604. The number of methoxy groups -OCH3 is 1. The predicted molar refractivity (Wildman–Crippen MR) is 83.9 cm³/mol. The topological polar surface area (TPSA) is 93.2 Å². The zero-order valence-corrected chi connectivity index (χ0v) is 12.1. The number of hydrogen-bond donors (Lipinski definition) is 2. The molecule has 0 saturated heterocycles. The molecule has 0 fully saturated rings. The smallest absolute Gasteiger partial charge is 0.231 e. The van der Waals surface area contributed by atoms with Crippen molar-refractivity contribution in [2.75, 3.05) is 7.11 Å². The van der Waals surface area contributed by atoms with Gasteiger partial charge in [0.1, 0.15) is 12.1 Å². The van der Waals surface area contributed by atoms with Crippen LogP contribution in [0.2, 0.25) is 0 Å². The summed E-state index contributed by atoms with van der Waals surface area (Å²) >= 11 is 0. The number of benzene rings is 1. The van der Waals surface area contributed by atoms with Crippen LogP contribution in [0.25, 0.3) is 21.9 Å². The average Bonchev–Trinajstić information content (AvgIpc) is 2.94. The molecule has 0 saturated carbocycles. The number of aromatic amines is 1. The van der Waals surface area contributed by atoms with Gasteiger partial charge in [-0.2, -0.15) is 4.98 Å². The van der Waals surface area contributed by atoms with Crippen LogP contribution in [0.3, 0.4) is 0 Å². The lowest BCUT2D eigenvalue weighted by Gasteiger charge is -2.07. The number of hydrogen-bond acceptors (Lipinski definition) is 6. The molecule has 1 aromatic carbocycles. The van der Waals surface area contributed by atoms with Crippen molar-refractivity contribution in [3.05, 3.63) is 42.7 Å². The molecule has 3 heterocycles. The lowest BCUT2D eigenvalue weighted by Crippen LogP contribution is -1.94. The van der Waals surface area contributed by atoms with Crippen LogP contribution < -0.4 is 9.47 Å². The van der Waals surface area contributed by atoms with Crippen LogP contribution in [0.15, 0.2) is 42.7 Å². The van der Waals surface area contributed by atoms with Crippen molar-refractivity contribution in [1.82, 2.24) is 19.9 Å². The number of fused-ring (bicyclic) bond motifs is 2. The van der Waals surface area contributed by atoms with Crippen molar-refractivity contribution in [1.29, 1.82) is 0 Å². The molecule has 0 bridgehead atoms. The molecule has 0 aliphatic rings. The molecular weight excluding hydrogens is 296 g/mol. The predicted octanol–water partition coefficient (Wildman–Crippen LogP) is 3.01. The fourth-order valence-corrected chi connectivity index (χ4v) is 2.37. The van der Waals surface area contributed by atoms with Gasteiger partial charge in [-0.1, -0.05) is 0 Å². The Bertz CT molecular complexity index is 1010. The molecule has 0 aliphatic heterocycles. The van der Waals surface area contributed by atoms with E-state index >= 15 is 0 Å². The SMILES string of the molecule is COc1ccc2c(Oc3ccc4[nH]c(O)cc4c3)ncnc2n1. The van der Waals surface area contributed by atoms with Gasteiger partial charge in [-0.25, -0.2) is 9.97 Å². The monoisotopic (exact) mass is 308 g/mol. The minimum absolute atomic E-state index is 0.112. The number of H-pyrrole nitrogens is 1. The van der Waals surface area contributed by atoms with E-state index in [2.05, 4.69) is 19.9 Å². The van der Waals surface area contributed by atoms with Gasteiger partial charge in [0.25, 0.3) is 0 Å². The standard InChI is InChI=1S/C16H12N4O3/c1-22-14-5-3-11-15(20-14)17-8-18-16(11)23-10-2-4-12-9(6-10)7-13(21)19-12/h2-8,19,21H,1H3. The molecule has 0 spiro atoms. The van der Waals surface area contributed by atoms with E-state index < -0.39 is 0 Å². The fourth-order valence-electron chi connectivity index (χ4n) is 2.37. The first kappa shape index (κ1) is 13.3. The number of ether oxygens (including phenoxy) is 2. The molecule has 4 aromatic rings. The maximum atomic E-state index is 9.49. The number of pyridine rings is 1. The Kier molecular flexibility index (Phi) is 2.97. The Balaban J connectivity index is 1.75. The van der Waals surface area contributed by atoms with E-state index in [0.29, 0.717) is 28.5 Å². The molecule has 4 rings (SSSR count). The van der Waals surface area contributed by atoms with Crippen molar-refractivity contribution in [2.24, 2.45) is 0 Å². The first-order valence-corrected chi connectivity index (χ1v) is 6.88. The van der Waals surface area contributed by atoms with E-state index in [4.69, 9.17) is 9.47 Å². The number of nitrogens with zero attached hydrogens (tertiary/aromatic N) is 3. The van der Waals surface area contributed by atoms with Crippen LogP contribution in [0.5, 0.6) is 23.4 Å². The zero-order chi connectivity index (χ0) is 15.8. The summed E-state index contributed by atoms with van der Waals surface area (Å²) in [6.45, 7) is 0. The molecular formula is C16H12N4O3. The van der Waals surface area contributed by atoms with E-state index in [0.717, 1.165) is 10.9 Å². The molecule has 0 aliphatic carbocycles. The minimum Gasteiger partial charge on any atom is -0.495 e. The third kappa shape index (κ3) is 2.38. The van der Waals surface area contributed by atoms with E-state index in [1.807, 2.05) is 12.1 Å². The second-order valence-corrected chi connectivity index (χ2v) is 4.91. The highest BCUT2D eigenvalue weighted by Crippen LogP contribution is 2.30. The first-order chi connectivity index (χ1) is 11.2.